The zero-order valence-electron chi connectivity index (χ0n) is 20.8. The number of hydrogen-bond donors (Lipinski definition) is 1. The zero-order chi connectivity index (χ0) is 24.5. The van der Waals surface area contributed by atoms with E-state index in [-0.39, 0.29) is 0 Å². The molecular formula is C31H38ClNO2. The molecule has 4 heteroatoms. The van der Waals surface area contributed by atoms with Gasteiger partial charge in [-0.15, -0.1) is 0 Å². The van der Waals surface area contributed by atoms with Crippen molar-refractivity contribution in [2.24, 2.45) is 0 Å². The van der Waals surface area contributed by atoms with Crippen LogP contribution in [0.15, 0.2) is 72.8 Å². The van der Waals surface area contributed by atoms with Crippen LogP contribution in [0, 0.1) is 0 Å². The van der Waals surface area contributed by atoms with Crippen molar-refractivity contribution in [1.29, 1.82) is 0 Å². The monoisotopic (exact) mass is 491 g/mol. The number of aliphatic hydroxyl groups is 1. The molecule has 3 aromatic carbocycles. The minimum absolute atomic E-state index is 0.348. The second-order valence-corrected chi connectivity index (χ2v) is 10.2. The third-order valence-electron chi connectivity index (χ3n) is 7.02. The van der Waals surface area contributed by atoms with Crippen molar-refractivity contribution in [2.75, 3.05) is 13.2 Å². The third kappa shape index (κ3) is 7.57. The third-order valence-corrected chi connectivity index (χ3v) is 7.25. The van der Waals surface area contributed by atoms with Crippen LogP contribution in [0.5, 0.6) is 5.75 Å². The van der Waals surface area contributed by atoms with Gasteiger partial charge < -0.3 is 9.84 Å². The van der Waals surface area contributed by atoms with Gasteiger partial charge in [0.25, 0.3) is 0 Å². The Balaban J connectivity index is 1.53. The van der Waals surface area contributed by atoms with E-state index in [1.165, 1.54) is 29.5 Å². The summed E-state index contributed by atoms with van der Waals surface area (Å²) in [5.41, 5.74) is 4.95. The first-order valence-electron chi connectivity index (χ1n) is 13.1. The maximum atomic E-state index is 11.2. The van der Waals surface area contributed by atoms with E-state index in [2.05, 4.69) is 60.4 Å². The first-order valence-corrected chi connectivity index (χ1v) is 13.5. The average molecular weight is 492 g/mol. The van der Waals surface area contributed by atoms with Crippen LogP contribution in [-0.4, -0.2) is 29.2 Å². The lowest BCUT2D eigenvalue weighted by molar-refractivity contribution is 0.0778. The Kier molecular flexibility index (Phi) is 9.65. The van der Waals surface area contributed by atoms with E-state index in [4.69, 9.17) is 16.3 Å². The van der Waals surface area contributed by atoms with E-state index in [0.717, 1.165) is 56.6 Å². The molecule has 0 amide bonds. The summed E-state index contributed by atoms with van der Waals surface area (Å²) in [6, 6.07) is 25.2. The Hall–Kier alpha value is -2.33. The van der Waals surface area contributed by atoms with Crippen molar-refractivity contribution in [3.05, 3.63) is 100 Å². The number of aryl methyl sites for hydroxylation is 1. The lowest BCUT2D eigenvalue weighted by Gasteiger charge is -2.33. The predicted octanol–water partition coefficient (Wildman–Crippen LogP) is 7.39. The van der Waals surface area contributed by atoms with E-state index in [1.807, 2.05) is 24.3 Å². The van der Waals surface area contributed by atoms with Crippen LogP contribution in [0.3, 0.4) is 0 Å². The molecule has 35 heavy (non-hydrogen) atoms. The Bertz CT molecular complexity index is 1050. The fraction of sp³-hybridized carbons (Fsp3) is 0.419. The van der Waals surface area contributed by atoms with E-state index < -0.39 is 6.10 Å². The number of fused-ring (bicyclic) bond motifs is 1. The predicted molar refractivity (Wildman–Crippen MR) is 145 cm³/mol. The molecule has 1 aliphatic carbocycles. The molecule has 3 nitrogen and oxygen atoms in total. The SMILES string of the molecule is CCCCCOc1ccc2c(c1)C[C@@H](N(Cc1ccccc1)C[C@H](O)c1cccc(Cl)c1)CCC2. The first kappa shape index (κ1) is 25.8. The number of hydrogen-bond acceptors (Lipinski definition) is 3. The lowest BCUT2D eigenvalue weighted by atomic mass is 9.99. The lowest BCUT2D eigenvalue weighted by Crippen LogP contribution is -2.39. The Morgan fingerprint density at radius 1 is 1.00 bits per heavy atom. The number of halogens is 1. The molecule has 2 atom stereocenters. The highest BCUT2D eigenvalue weighted by molar-refractivity contribution is 6.30. The molecule has 3 aromatic rings. The number of unbranched alkanes of at least 4 members (excludes halogenated alkanes) is 2. The van der Waals surface area contributed by atoms with Gasteiger partial charge in [0, 0.05) is 24.2 Å². The fourth-order valence-corrected chi connectivity index (χ4v) is 5.26. The van der Waals surface area contributed by atoms with Crippen molar-refractivity contribution in [3.63, 3.8) is 0 Å². The first-order chi connectivity index (χ1) is 17.1. The maximum Gasteiger partial charge on any atom is 0.119 e. The molecule has 186 valence electrons. The molecule has 4 rings (SSSR count). The molecular weight excluding hydrogens is 454 g/mol. The summed E-state index contributed by atoms with van der Waals surface area (Å²) in [7, 11) is 0. The van der Waals surface area contributed by atoms with E-state index in [9.17, 15) is 5.11 Å². The standard InChI is InChI=1S/C31H38ClNO2/c1-2-3-7-18-35-30-17-16-25-12-9-15-29(20-27(25)21-30)33(22-24-10-5-4-6-11-24)23-31(34)26-13-8-14-28(32)19-26/h4-6,8,10-11,13-14,16-17,19,21,29,31,34H,2-3,7,9,12,15,18,20,22-23H2,1H3/t29-,31-/m0/s1. The van der Waals surface area contributed by atoms with Gasteiger partial charge >= 0.3 is 0 Å². The summed E-state index contributed by atoms with van der Waals surface area (Å²) >= 11 is 6.21. The Labute approximate surface area is 215 Å². The van der Waals surface area contributed by atoms with Gasteiger partial charge in [0.15, 0.2) is 0 Å². The molecule has 0 saturated carbocycles. The number of rotatable bonds is 11. The molecule has 0 heterocycles. The van der Waals surface area contributed by atoms with Crippen molar-refractivity contribution in [2.45, 2.75) is 70.6 Å². The van der Waals surface area contributed by atoms with Crippen LogP contribution in [0.1, 0.15) is 67.4 Å². The van der Waals surface area contributed by atoms with Gasteiger partial charge in [-0.2, -0.15) is 0 Å². The molecule has 0 radical (unpaired) electrons. The fourth-order valence-electron chi connectivity index (χ4n) is 5.07. The summed E-state index contributed by atoms with van der Waals surface area (Å²) in [6.07, 6.45) is 7.23. The van der Waals surface area contributed by atoms with Crippen LogP contribution in [0.2, 0.25) is 5.02 Å². The summed E-state index contributed by atoms with van der Waals surface area (Å²) in [5, 5.41) is 11.8. The molecule has 0 saturated heterocycles. The van der Waals surface area contributed by atoms with Crippen LogP contribution in [0.4, 0.5) is 0 Å². The summed E-state index contributed by atoms with van der Waals surface area (Å²) in [4.78, 5) is 2.46. The molecule has 1 N–H and O–H groups in total. The Morgan fingerprint density at radius 3 is 2.66 bits per heavy atom. The molecule has 1 aliphatic rings. The van der Waals surface area contributed by atoms with Crippen molar-refractivity contribution in [1.82, 2.24) is 4.90 Å². The highest BCUT2D eigenvalue weighted by Crippen LogP contribution is 2.30. The molecule has 0 spiro atoms. The van der Waals surface area contributed by atoms with Crippen LogP contribution >= 0.6 is 11.6 Å². The maximum absolute atomic E-state index is 11.2. The molecule has 0 unspecified atom stereocenters. The van der Waals surface area contributed by atoms with Gasteiger partial charge in [-0.3, -0.25) is 4.90 Å². The smallest absolute Gasteiger partial charge is 0.119 e. The van der Waals surface area contributed by atoms with Gasteiger partial charge in [-0.05, 0) is 78.6 Å². The molecule has 0 bridgehead atoms. The minimum Gasteiger partial charge on any atom is -0.494 e. The van der Waals surface area contributed by atoms with Gasteiger partial charge in [0.2, 0.25) is 0 Å². The van der Waals surface area contributed by atoms with Crippen molar-refractivity contribution >= 4 is 11.6 Å². The zero-order valence-corrected chi connectivity index (χ0v) is 21.6. The Morgan fingerprint density at radius 2 is 1.86 bits per heavy atom. The minimum atomic E-state index is -0.589. The van der Waals surface area contributed by atoms with Gasteiger partial charge in [-0.25, -0.2) is 0 Å². The second-order valence-electron chi connectivity index (χ2n) is 9.72. The van der Waals surface area contributed by atoms with Crippen LogP contribution < -0.4 is 4.74 Å². The van der Waals surface area contributed by atoms with Crippen molar-refractivity contribution in [3.8, 4) is 5.75 Å². The van der Waals surface area contributed by atoms with E-state index >= 15 is 0 Å². The average Bonchev–Trinajstić information content (AvgIpc) is 3.09. The largest absolute Gasteiger partial charge is 0.494 e. The number of benzene rings is 3. The number of aliphatic hydroxyl groups excluding tert-OH is 1. The summed E-state index contributed by atoms with van der Waals surface area (Å²) < 4.78 is 6.07. The normalized spacial score (nSPS) is 16.5. The van der Waals surface area contributed by atoms with Crippen LogP contribution in [0.25, 0.3) is 0 Å². The topological polar surface area (TPSA) is 32.7 Å². The van der Waals surface area contributed by atoms with E-state index in [0.29, 0.717) is 17.6 Å². The molecule has 0 fully saturated rings. The summed E-state index contributed by atoms with van der Waals surface area (Å²) in [6.45, 7) is 4.38. The number of ether oxygens (including phenoxy) is 1. The van der Waals surface area contributed by atoms with Gasteiger partial charge in [0.1, 0.15) is 5.75 Å². The molecule has 0 aromatic heterocycles. The quantitative estimate of drug-likeness (QED) is 0.224. The second kappa shape index (κ2) is 13.1. The summed E-state index contributed by atoms with van der Waals surface area (Å²) in [5.74, 6) is 0.981. The highest BCUT2D eigenvalue weighted by atomic mass is 35.5. The van der Waals surface area contributed by atoms with Crippen molar-refractivity contribution < 1.29 is 9.84 Å². The van der Waals surface area contributed by atoms with Crippen LogP contribution in [-0.2, 0) is 19.4 Å². The van der Waals surface area contributed by atoms with Gasteiger partial charge in [-0.1, -0.05) is 79.9 Å². The van der Waals surface area contributed by atoms with Gasteiger partial charge in [0.05, 0.1) is 12.7 Å². The van der Waals surface area contributed by atoms with E-state index in [1.54, 1.807) is 0 Å². The number of nitrogens with zero attached hydrogens (tertiary/aromatic N) is 1. The molecule has 0 aliphatic heterocycles. The highest BCUT2D eigenvalue weighted by Gasteiger charge is 2.26.